The van der Waals surface area contributed by atoms with Crippen LogP contribution in [0.5, 0.6) is 0 Å². The highest BCUT2D eigenvalue weighted by molar-refractivity contribution is 5.95. The van der Waals surface area contributed by atoms with Crippen LogP contribution in [0, 0.1) is 23.7 Å². The summed E-state index contributed by atoms with van der Waals surface area (Å²) in [6.07, 6.45) is 22.2. The molecule has 0 aromatic carbocycles. The summed E-state index contributed by atoms with van der Waals surface area (Å²) in [6.45, 7) is 2.93. The standard InChI is InChI=1S/C45H70O12/c1-3-5-13-21-35-32(25-27-37(35)47)19-15-9-7-11-17-23-40(49)54-30-34(31-55-45-44(53)43(52)42(51)39(29-46)57-45)56-41(50)24-18-12-8-10-16-20-33-26-28-38(48)36(33)22-14-6-4-2/h5-6,13-14,25-28,32-36,39,42-46,51-53H,3-4,7-12,15-24,29-31H2,1-2H3/b13-5-,14-6-/t32?,33?,34?,35?,36?,39-,42+,43+,44-,45-/m1/s1. The number of unbranched alkanes of at least 4 members (excludes halogenated alkanes) is 8. The van der Waals surface area contributed by atoms with Crippen molar-refractivity contribution in [2.24, 2.45) is 23.7 Å². The highest BCUT2D eigenvalue weighted by Gasteiger charge is 2.44. The van der Waals surface area contributed by atoms with Gasteiger partial charge in [0.2, 0.25) is 0 Å². The second-order valence-electron chi connectivity index (χ2n) is 15.7. The summed E-state index contributed by atoms with van der Waals surface area (Å²) in [5, 5.41) is 40.1. The molecule has 5 unspecified atom stereocenters. The Labute approximate surface area is 339 Å². The molecule has 3 aliphatic rings. The second-order valence-corrected chi connectivity index (χ2v) is 15.7. The predicted molar refractivity (Wildman–Crippen MR) is 216 cm³/mol. The molecule has 0 aromatic heterocycles. The van der Waals surface area contributed by atoms with Gasteiger partial charge in [-0.25, -0.2) is 0 Å². The molecule has 1 aliphatic heterocycles. The SMILES string of the molecule is CC/C=C\CC1C(=O)C=CC1CCCCCCCC(=O)OCC(CO[C@@H]1O[C@H](CO)[C@H](O)[C@H](O)[C@H]1O)OC(=O)CCCCCCCC1C=CC(=O)C1C/C=C\CC. The number of esters is 2. The van der Waals surface area contributed by atoms with Crippen LogP contribution in [0.3, 0.4) is 0 Å². The van der Waals surface area contributed by atoms with Crippen LogP contribution in [0.15, 0.2) is 48.6 Å². The second kappa shape index (κ2) is 27.6. The van der Waals surface area contributed by atoms with E-state index < -0.39 is 55.4 Å². The number of hydrogen-bond donors (Lipinski definition) is 4. The minimum absolute atomic E-state index is 0.0425. The third-order valence-corrected chi connectivity index (χ3v) is 11.2. The van der Waals surface area contributed by atoms with Gasteiger partial charge >= 0.3 is 11.9 Å². The number of ketones is 2. The summed E-state index contributed by atoms with van der Waals surface area (Å²) < 4.78 is 22.1. The van der Waals surface area contributed by atoms with Crippen molar-refractivity contribution >= 4 is 23.5 Å². The molecule has 0 bridgehead atoms. The minimum Gasteiger partial charge on any atom is -0.462 e. The fraction of sp³-hybridized carbons (Fsp3) is 0.733. The first-order valence-electron chi connectivity index (χ1n) is 21.6. The molecule has 12 nitrogen and oxygen atoms in total. The van der Waals surface area contributed by atoms with Crippen molar-refractivity contribution < 1.29 is 58.6 Å². The van der Waals surface area contributed by atoms with Crippen LogP contribution in [0.25, 0.3) is 0 Å². The first-order chi connectivity index (χ1) is 27.6. The van der Waals surface area contributed by atoms with E-state index in [4.69, 9.17) is 18.9 Å². The van der Waals surface area contributed by atoms with Crippen molar-refractivity contribution in [3.63, 3.8) is 0 Å². The monoisotopic (exact) mass is 802 g/mol. The zero-order valence-electron chi connectivity index (χ0n) is 34.3. The third kappa shape index (κ3) is 17.4. The van der Waals surface area contributed by atoms with Crippen LogP contribution in [-0.4, -0.2) is 101 Å². The van der Waals surface area contributed by atoms with Gasteiger partial charge in [0.25, 0.3) is 0 Å². The maximum absolute atomic E-state index is 12.8. The quantitative estimate of drug-likeness (QED) is 0.0383. The Balaban J connectivity index is 1.36. The molecule has 0 saturated carbocycles. The van der Waals surface area contributed by atoms with Gasteiger partial charge in [-0.1, -0.05) is 102 Å². The van der Waals surface area contributed by atoms with Crippen LogP contribution in [0.4, 0.5) is 0 Å². The van der Waals surface area contributed by atoms with Gasteiger partial charge in [0.15, 0.2) is 24.0 Å². The number of aliphatic hydroxyl groups excluding tert-OH is 4. The molecule has 0 radical (unpaired) electrons. The van der Waals surface area contributed by atoms with E-state index in [1.807, 2.05) is 12.2 Å². The molecular formula is C45H70O12. The van der Waals surface area contributed by atoms with Crippen molar-refractivity contribution in [3.05, 3.63) is 48.6 Å². The molecule has 0 aromatic rings. The van der Waals surface area contributed by atoms with Gasteiger partial charge in [-0.05, 0) is 75.4 Å². The molecule has 10 atom stereocenters. The molecular weight excluding hydrogens is 732 g/mol. The summed E-state index contributed by atoms with van der Waals surface area (Å²) in [5.74, 6) is 0.157. The van der Waals surface area contributed by atoms with Crippen LogP contribution in [-0.2, 0) is 38.1 Å². The van der Waals surface area contributed by atoms with E-state index in [0.29, 0.717) is 12.8 Å². The summed E-state index contributed by atoms with van der Waals surface area (Å²) in [5.41, 5.74) is 0. The molecule has 57 heavy (non-hydrogen) atoms. The summed E-state index contributed by atoms with van der Waals surface area (Å²) in [7, 11) is 0. The lowest BCUT2D eigenvalue weighted by atomic mass is 9.87. The number of hydrogen-bond acceptors (Lipinski definition) is 12. The van der Waals surface area contributed by atoms with Crippen molar-refractivity contribution in [3.8, 4) is 0 Å². The van der Waals surface area contributed by atoms with E-state index in [1.54, 1.807) is 12.2 Å². The first-order valence-corrected chi connectivity index (χ1v) is 21.6. The van der Waals surface area contributed by atoms with Crippen molar-refractivity contribution in [2.75, 3.05) is 19.8 Å². The highest BCUT2D eigenvalue weighted by atomic mass is 16.7. The summed E-state index contributed by atoms with van der Waals surface area (Å²) >= 11 is 0. The molecule has 1 fully saturated rings. The fourth-order valence-corrected chi connectivity index (χ4v) is 7.76. The van der Waals surface area contributed by atoms with Crippen molar-refractivity contribution in [1.29, 1.82) is 0 Å². The number of ether oxygens (including phenoxy) is 4. The molecule has 12 heteroatoms. The third-order valence-electron chi connectivity index (χ3n) is 11.2. The van der Waals surface area contributed by atoms with Crippen LogP contribution in [0.2, 0.25) is 0 Å². The Kier molecular flexibility index (Phi) is 23.5. The Bertz CT molecular complexity index is 1320. The van der Waals surface area contributed by atoms with Crippen molar-refractivity contribution in [1.82, 2.24) is 0 Å². The molecule has 1 saturated heterocycles. The predicted octanol–water partition coefficient (Wildman–Crippen LogP) is 6.17. The van der Waals surface area contributed by atoms with Gasteiger partial charge in [0.1, 0.15) is 31.0 Å². The average molecular weight is 803 g/mol. The van der Waals surface area contributed by atoms with Crippen LogP contribution >= 0.6 is 0 Å². The van der Waals surface area contributed by atoms with E-state index in [-0.39, 0.29) is 61.3 Å². The van der Waals surface area contributed by atoms with Gasteiger partial charge in [0, 0.05) is 24.7 Å². The molecule has 322 valence electrons. The lowest BCUT2D eigenvalue weighted by Crippen LogP contribution is -2.59. The van der Waals surface area contributed by atoms with E-state index in [2.05, 4.69) is 38.2 Å². The van der Waals surface area contributed by atoms with Crippen LogP contribution in [0.1, 0.15) is 129 Å². The largest absolute Gasteiger partial charge is 0.462 e. The van der Waals surface area contributed by atoms with Gasteiger partial charge in [-0.3, -0.25) is 19.2 Å². The Hall–Kier alpha value is -3.00. The van der Waals surface area contributed by atoms with Crippen LogP contribution < -0.4 is 0 Å². The molecule has 4 N–H and O–H groups in total. The normalized spacial score (nSPS) is 27.9. The van der Waals surface area contributed by atoms with Gasteiger partial charge in [-0.2, -0.15) is 0 Å². The Morgan fingerprint density at radius 1 is 0.684 bits per heavy atom. The lowest BCUT2D eigenvalue weighted by Gasteiger charge is -2.39. The summed E-state index contributed by atoms with van der Waals surface area (Å²) in [6, 6.07) is 0. The van der Waals surface area contributed by atoms with E-state index >= 15 is 0 Å². The van der Waals surface area contributed by atoms with E-state index in [1.165, 1.54) is 0 Å². The van der Waals surface area contributed by atoms with E-state index in [0.717, 1.165) is 89.9 Å². The van der Waals surface area contributed by atoms with E-state index in [9.17, 15) is 39.6 Å². The first kappa shape index (κ1) is 48.4. The zero-order valence-corrected chi connectivity index (χ0v) is 34.3. The number of carbonyl (C=O) groups is 4. The van der Waals surface area contributed by atoms with Gasteiger partial charge in [0.05, 0.1) is 13.2 Å². The van der Waals surface area contributed by atoms with Gasteiger partial charge in [-0.15, -0.1) is 0 Å². The molecule has 3 rings (SSSR count). The van der Waals surface area contributed by atoms with Crippen molar-refractivity contribution in [2.45, 2.75) is 166 Å². The fourth-order valence-electron chi connectivity index (χ4n) is 7.76. The number of allylic oxidation sites excluding steroid dienone is 8. The number of carbonyl (C=O) groups excluding carboxylic acids is 4. The molecule has 0 amide bonds. The Morgan fingerprint density at radius 2 is 1.19 bits per heavy atom. The lowest BCUT2D eigenvalue weighted by molar-refractivity contribution is -0.305. The maximum atomic E-state index is 12.8. The van der Waals surface area contributed by atoms with Gasteiger partial charge < -0.3 is 39.4 Å². The maximum Gasteiger partial charge on any atom is 0.306 e. The summed E-state index contributed by atoms with van der Waals surface area (Å²) in [4.78, 5) is 50.0. The minimum atomic E-state index is -1.63. The molecule has 0 spiro atoms. The average Bonchev–Trinajstić information content (AvgIpc) is 3.74. The highest BCUT2D eigenvalue weighted by Crippen LogP contribution is 2.32. The molecule has 1 heterocycles. The zero-order chi connectivity index (χ0) is 41.4. The Morgan fingerprint density at radius 3 is 1.72 bits per heavy atom. The topological polar surface area (TPSA) is 186 Å². The molecule has 2 aliphatic carbocycles. The number of aliphatic hydroxyl groups is 4. The smallest absolute Gasteiger partial charge is 0.306 e. The number of rotatable bonds is 29.